The lowest BCUT2D eigenvalue weighted by atomic mass is 9.97. The summed E-state index contributed by atoms with van der Waals surface area (Å²) < 4.78 is 1.68. The molecule has 0 aliphatic rings. The second-order valence-electron chi connectivity index (χ2n) is 4.62. The van der Waals surface area contributed by atoms with E-state index in [1.165, 1.54) is 0 Å². The van der Waals surface area contributed by atoms with Gasteiger partial charge in [-0.05, 0) is 32.7 Å². The zero-order valence-electron chi connectivity index (χ0n) is 12.2. The number of aliphatic imine (C=N–C) groups is 2. The Morgan fingerprint density at radius 1 is 1.35 bits per heavy atom. The highest BCUT2D eigenvalue weighted by atomic mass is 16.3. The van der Waals surface area contributed by atoms with Crippen LogP contribution in [0.1, 0.15) is 19.4 Å². The second-order valence-corrected chi connectivity index (χ2v) is 4.62. The summed E-state index contributed by atoms with van der Waals surface area (Å²) in [6.45, 7) is 7.40. The van der Waals surface area contributed by atoms with Crippen LogP contribution in [0.25, 0.3) is 16.5 Å². The third-order valence-corrected chi connectivity index (χ3v) is 3.33. The predicted octanol–water partition coefficient (Wildman–Crippen LogP) is 2.80. The molecule has 0 unspecified atom stereocenters. The molecule has 5 nitrogen and oxygen atoms in total. The van der Waals surface area contributed by atoms with Crippen LogP contribution in [0.2, 0.25) is 0 Å². The van der Waals surface area contributed by atoms with Gasteiger partial charge < -0.3 is 5.11 Å². The number of rotatable bonds is 3. The van der Waals surface area contributed by atoms with Gasteiger partial charge in [-0.1, -0.05) is 0 Å². The van der Waals surface area contributed by atoms with Crippen LogP contribution >= 0.6 is 0 Å². The third-order valence-electron chi connectivity index (χ3n) is 3.33. The Labute approximate surface area is 118 Å². The molecule has 1 N–H and O–H groups in total. The maximum absolute atomic E-state index is 9.95. The molecular weight excluding hydrogens is 252 g/mol. The fourth-order valence-electron chi connectivity index (χ4n) is 2.25. The van der Waals surface area contributed by atoms with Crippen LogP contribution in [0, 0.1) is 0 Å². The molecule has 1 aromatic heterocycles. The summed E-state index contributed by atoms with van der Waals surface area (Å²) in [5.74, 6) is 0.214. The first-order chi connectivity index (χ1) is 9.49. The van der Waals surface area contributed by atoms with Crippen LogP contribution in [0.15, 0.2) is 34.0 Å². The van der Waals surface area contributed by atoms with Gasteiger partial charge in [0.15, 0.2) is 0 Å². The van der Waals surface area contributed by atoms with E-state index in [-0.39, 0.29) is 5.75 Å². The van der Waals surface area contributed by atoms with E-state index in [9.17, 15) is 5.11 Å². The number of aromatic hydroxyl groups is 1. The number of aromatic nitrogens is 2. The maximum Gasteiger partial charge on any atom is 0.126 e. The van der Waals surface area contributed by atoms with Crippen LogP contribution in [-0.2, 0) is 7.05 Å². The van der Waals surface area contributed by atoms with Gasteiger partial charge in [-0.2, -0.15) is 5.10 Å². The zero-order chi connectivity index (χ0) is 14.9. The summed E-state index contributed by atoms with van der Waals surface area (Å²) in [6, 6.07) is 3.50. The van der Waals surface area contributed by atoms with Gasteiger partial charge in [-0.25, -0.2) is 0 Å². The first-order valence-electron chi connectivity index (χ1n) is 6.26. The number of phenols is 1. The molecule has 0 atom stereocenters. The number of fused-ring (bicyclic) bond motifs is 1. The van der Waals surface area contributed by atoms with Crippen molar-refractivity contribution in [1.82, 2.24) is 9.78 Å². The molecule has 0 amide bonds. The van der Waals surface area contributed by atoms with E-state index in [1.54, 1.807) is 24.0 Å². The average molecular weight is 270 g/mol. The van der Waals surface area contributed by atoms with E-state index in [0.717, 1.165) is 28.1 Å². The molecule has 0 radical (unpaired) electrons. The van der Waals surface area contributed by atoms with Crippen LogP contribution < -0.4 is 0 Å². The summed E-state index contributed by atoms with van der Waals surface area (Å²) in [6.07, 6.45) is 1.79. The Morgan fingerprint density at radius 2 is 2.05 bits per heavy atom. The molecule has 5 heteroatoms. The quantitative estimate of drug-likeness (QED) is 0.872. The number of benzene rings is 1. The van der Waals surface area contributed by atoms with Gasteiger partial charge in [0, 0.05) is 42.8 Å². The van der Waals surface area contributed by atoms with Gasteiger partial charge in [0.25, 0.3) is 0 Å². The smallest absolute Gasteiger partial charge is 0.126 e. The molecule has 0 saturated carbocycles. The Morgan fingerprint density at radius 3 is 2.65 bits per heavy atom. The van der Waals surface area contributed by atoms with E-state index in [0.29, 0.717) is 5.39 Å². The SMILES string of the molecule is C=N/C(C)=C(\C(C)=NC)c1ccc(O)c2cn(C)nc12. The molecule has 1 heterocycles. The average Bonchev–Trinajstić information content (AvgIpc) is 2.83. The van der Waals surface area contributed by atoms with Gasteiger partial charge in [-0.15, -0.1) is 0 Å². The molecule has 20 heavy (non-hydrogen) atoms. The minimum absolute atomic E-state index is 0.214. The van der Waals surface area contributed by atoms with E-state index in [1.807, 2.05) is 27.0 Å². The maximum atomic E-state index is 9.95. The molecule has 0 spiro atoms. The standard InChI is InChI=1S/C15H18N4O/c1-9(16-3)14(10(2)17-4)11-6-7-13(20)12-8-19(5)18-15(11)12/h6-8,20H,3H2,1-2,4-5H3/b14-9+,17-10?. The molecule has 0 saturated heterocycles. The number of hydrogen-bond donors (Lipinski definition) is 1. The lowest BCUT2D eigenvalue weighted by Crippen LogP contribution is -2.01. The van der Waals surface area contributed by atoms with Crippen molar-refractivity contribution in [2.75, 3.05) is 7.05 Å². The van der Waals surface area contributed by atoms with Gasteiger partial charge in [0.05, 0.1) is 5.39 Å². The number of nitrogens with zero attached hydrogens (tertiary/aromatic N) is 4. The summed E-state index contributed by atoms with van der Waals surface area (Å²) >= 11 is 0. The highest BCUT2D eigenvalue weighted by Gasteiger charge is 2.16. The Bertz CT molecular complexity index is 738. The van der Waals surface area contributed by atoms with Crippen molar-refractivity contribution in [3.8, 4) is 5.75 Å². The van der Waals surface area contributed by atoms with Gasteiger partial charge >= 0.3 is 0 Å². The predicted molar refractivity (Wildman–Crippen MR) is 83.6 cm³/mol. The monoisotopic (exact) mass is 270 g/mol. The number of aryl methyl sites for hydroxylation is 1. The number of hydrogen-bond acceptors (Lipinski definition) is 4. The van der Waals surface area contributed by atoms with Crippen molar-refractivity contribution in [3.63, 3.8) is 0 Å². The number of allylic oxidation sites excluding steroid dienone is 2. The number of phenolic OH excluding ortho intramolecular Hbond substituents is 1. The summed E-state index contributed by atoms with van der Waals surface area (Å²) in [5, 5.41) is 15.1. The molecule has 104 valence electrons. The Hall–Kier alpha value is -2.43. The topological polar surface area (TPSA) is 62.8 Å². The van der Waals surface area contributed by atoms with Crippen molar-refractivity contribution in [2.45, 2.75) is 13.8 Å². The molecule has 0 aliphatic heterocycles. The van der Waals surface area contributed by atoms with Crippen molar-refractivity contribution in [1.29, 1.82) is 0 Å². The van der Waals surface area contributed by atoms with E-state index >= 15 is 0 Å². The molecule has 0 aliphatic carbocycles. The Balaban J connectivity index is 2.86. The van der Waals surface area contributed by atoms with Crippen molar-refractivity contribution >= 4 is 28.9 Å². The lowest BCUT2D eigenvalue weighted by molar-refractivity contribution is 0.481. The van der Waals surface area contributed by atoms with Crippen molar-refractivity contribution in [3.05, 3.63) is 29.6 Å². The van der Waals surface area contributed by atoms with Crippen LogP contribution in [0.5, 0.6) is 5.75 Å². The molecule has 0 bridgehead atoms. The highest BCUT2D eigenvalue weighted by molar-refractivity contribution is 6.26. The van der Waals surface area contributed by atoms with E-state index in [4.69, 9.17) is 0 Å². The van der Waals surface area contributed by atoms with Crippen molar-refractivity contribution in [2.24, 2.45) is 17.0 Å². The first kappa shape index (κ1) is 14.0. The molecular formula is C15H18N4O. The fourth-order valence-corrected chi connectivity index (χ4v) is 2.25. The molecule has 0 fully saturated rings. The van der Waals surface area contributed by atoms with Crippen molar-refractivity contribution < 1.29 is 5.11 Å². The van der Waals surface area contributed by atoms with Gasteiger partial charge in [0.2, 0.25) is 0 Å². The highest BCUT2D eigenvalue weighted by Crippen LogP contribution is 2.32. The molecule has 1 aromatic carbocycles. The van der Waals surface area contributed by atoms with Crippen LogP contribution in [0.3, 0.4) is 0 Å². The summed E-state index contributed by atoms with van der Waals surface area (Å²) in [5.41, 5.74) is 4.16. The summed E-state index contributed by atoms with van der Waals surface area (Å²) in [4.78, 5) is 8.27. The minimum atomic E-state index is 0.214. The first-order valence-corrected chi connectivity index (χ1v) is 6.26. The van der Waals surface area contributed by atoms with E-state index < -0.39 is 0 Å². The van der Waals surface area contributed by atoms with Gasteiger partial charge in [0.1, 0.15) is 11.3 Å². The zero-order valence-corrected chi connectivity index (χ0v) is 12.2. The molecule has 2 aromatic rings. The largest absolute Gasteiger partial charge is 0.507 e. The third kappa shape index (κ3) is 2.22. The second kappa shape index (κ2) is 5.28. The van der Waals surface area contributed by atoms with Gasteiger partial charge in [-0.3, -0.25) is 14.7 Å². The Kier molecular flexibility index (Phi) is 3.70. The fraction of sp³-hybridized carbons (Fsp3) is 0.267. The van der Waals surface area contributed by atoms with Crippen LogP contribution in [0.4, 0.5) is 0 Å². The van der Waals surface area contributed by atoms with E-state index in [2.05, 4.69) is 21.8 Å². The van der Waals surface area contributed by atoms with Crippen LogP contribution in [-0.4, -0.2) is 34.4 Å². The minimum Gasteiger partial charge on any atom is -0.507 e. The summed E-state index contributed by atoms with van der Waals surface area (Å²) in [7, 11) is 3.56. The lowest BCUT2D eigenvalue weighted by Gasteiger charge is -2.10. The molecule has 2 rings (SSSR count). The normalized spacial score (nSPS) is 13.5.